The van der Waals surface area contributed by atoms with Crippen LogP contribution in [0.1, 0.15) is 80.8 Å². The van der Waals surface area contributed by atoms with Gasteiger partial charge in [0, 0.05) is 50.1 Å². The molecular weight excluding hydrogens is 570 g/mol. The highest BCUT2D eigenvalue weighted by Crippen LogP contribution is 2.53. The number of aromatic nitrogens is 1. The number of hydrogen-bond donors (Lipinski definition) is 2. The smallest absolute Gasteiger partial charge is 0.407 e. The summed E-state index contributed by atoms with van der Waals surface area (Å²) >= 11 is 0. The number of carboxylic acids is 1. The van der Waals surface area contributed by atoms with Gasteiger partial charge in [0.25, 0.3) is 0 Å². The van der Waals surface area contributed by atoms with Gasteiger partial charge in [0.15, 0.2) is 24.1 Å². The molecule has 2 aliphatic heterocycles. The summed E-state index contributed by atoms with van der Waals surface area (Å²) in [6, 6.07) is 3.77. The Hall–Kier alpha value is -3.61. The molecule has 2 aromatic rings. The molecule has 44 heavy (non-hydrogen) atoms. The van der Waals surface area contributed by atoms with Crippen molar-refractivity contribution in [1.82, 2.24) is 10.3 Å². The number of morpholine rings is 1. The molecule has 3 aliphatic rings. The molecule has 1 amide bonds. The van der Waals surface area contributed by atoms with E-state index in [4.69, 9.17) is 33.4 Å². The Morgan fingerprint density at radius 2 is 1.66 bits per heavy atom. The summed E-state index contributed by atoms with van der Waals surface area (Å²) in [7, 11) is 3.17. The maximum Gasteiger partial charge on any atom is 0.407 e. The second-order valence-electron chi connectivity index (χ2n) is 12.5. The number of carboxylic acid groups (broad SMARTS) is 1. The average molecular weight is 614 g/mol. The fourth-order valence-corrected chi connectivity index (χ4v) is 6.29. The lowest BCUT2D eigenvalue weighted by Gasteiger charge is -2.37. The first-order chi connectivity index (χ1) is 20.9. The number of anilines is 1. The Morgan fingerprint density at radius 3 is 2.20 bits per heavy atom. The summed E-state index contributed by atoms with van der Waals surface area (Å²) in [5.74, 6) is 0.581. The predicted molar refractivity (Wildman–Crippen MR) is 161 cm³/mol. The Balaban J connectivity index is 1.49. The second-order valence-corrected chi connectivity index (χ2v) is 12.5. The normalized spacial score (nSPS) is 25.1. The third-order valence-electron chi connectivity index (χ3n) is 8.25. The molecule has 0 bridgehead atoms. The fourth-order valence-electron chi connectivity index (χ4n) is 6.29. The van der Waals surface area contributed by atoms with Crippen molar-refractivity contribution in [2.24, 2.45) is 0 Å². The van der Waals surface area contributed by atoms with Crippen molar-refractivity contribution < 1.29 is 43.1 Å². The van der Waals surface area contributed by atoms with Crippen LogP contribution in [0.2, 0.25) is 0 Å². The maximum absolute atomic E-state index is 12.8. The molecule has 1 aliphatic carbocycles. The van der Waals surface area contributed by atoms with E-state index in [0.717, 1.165) is 5.56 Å². The van der Waals surface area contributed by atoms with Gasteiger partial charge in [-0.1, -0.05) is 0 Å². The first kappa shape index (κ1) is 31.8. The van der Waals surface area contributed by atoms with E-state index in [9.17, 15) is 14.7 Å². The van der Waals surface area contributed by atoms with Crippen molar-refractivity contribution in [3.63, 3.8) is 0 Å². The van der Waals surface area contributed by atoms with Crippen LogP contribution in [0.4, 0.5) is 10.6 Å². The lowest BCUT2D eigenvalue weighted by Crippen LogP contribution is -2.49. The molecular formula is C32H43N3O9. The molecule has 2 N–H and O–H groups in total. The SMILES string of the molecule is CO[C@H]1CN(c2ccc(-c3c4c(c(C)c(C(=O)O)c3C3CCC(NC(=O)OC(C)(C)C)CC3)OC(C)O4)cn2)C[C@@H](OC)O1. The lowest BCUT2D eigenvalue weighted by molar-refractivity contribution is -0.235. The molecule has 1 aromatic heterocycles. The number of amides is 1. The van der Waals surface area contributed by atoms with Crippen molar-refractivity contribution in [3.05, 3.63) is 35.0 Å². The van der Waals surface area contributed by atoms with Crippen LogP contribution in [-0.2, 0) is 18.9 Å². The van der Waals surface area contributed by atoms with Gasteiger partial charge in [-0.15, -0.1) is 0 Å². The summed E-state index contributed by atoms with van der Waals surface area (Å²) < 4.78 is 34.2. The van der Waals surface area contributed by atoms with Crippen LogP contribution in [-0.4, -0.2) is 80.0 Å². The van der Waals surface area contributed by atoms with Gasteiger partial charge in [-0.05, 0) is 77.0 Å². The van der Waals surface area contributed by atoms with Gasteiger partial charge >= 0.3 is 12.1 Å². The topological polar surface area (TPSA) is 138 Å². The van der Waals surface area contributed by atoms with Crippen molar-refractivity contribution in [2.75, 3.05) is 32.2 Å². The average Bonchev–Trinajstić information content (AvgIpc) is 3.37. The Morgan fingerprint density at radius 1 is 1.02 bits per heavy atom. The van der Waals surface area contributed by atoms with Crippen LogP contribution in [0.25, 0.3) is 11.1 Å². The van der Waals surface area contributed by atoms with Gasteiger partial charge in [0.05, 0.1) is 18.7 Å². The molecule has 1 saturated carbocycles. The van der Waals surface area contributed by atoms with Gasteiger partial charge in [0.2, 0.25) is 6.29 Å². The van der Waals surface area contributed by atoms with Crippen molar-refractivity contribution in [3.8, 4) is 22.6 Å². The van der Waals surface area contributed by atoms with Crippen molar-refractivity contribution in [1.29, 1.82) is 0 Å². The zero-order valence-corrected chi connectivity index (χ0v) is 26.5. The van der Waals surface area contributed by atoms with Gasteiger partial charge in [-0.3, -0.25) is 0 Å². The molecule has 0 radical (unpaired) electrons. The van der Waals surface area contributed by atoms with Crippen LogP contribution in [0.15, 0.2) is 18.3 Å². The highest BCUT2D eigenvalue weighted by Gasteiger charge is 2.38. The molecule has 12 nitrogen and oxygen atoms in total. The number of carbonyl (C=O) groups is 2. The van der Waals surface area contributed by atoms with Gasteiger partial charge in [-0.25, -0.2) is 14.6 Å². The summed E-state index contributed by atoms with van der Waals surface area (Å²) in [4.78, 5) is 32.0. The molecule has 1 saturated heterocycles. The number of alkyl carbamates (subject to hydrolysis) is 1. The van der Waals surface area contributed by atoms with E-state index in [2.05, 4.69) is 5.32 Å². The number of pyridine rings is 1. The minimum Gasteiger partial charge on any atom is -0.478 e. The van der Waals surface area contributed by atoms with E-state index < -0.39 is 36.5 Å². The number of methoxy groups -OCH3 is 2. The number of carbonyl (C=O) groups excluding carboxylic acids is 1. The monoisotopic (exact) mass is 613 g/mol. The van der Waals surface area contributed by atoms with Crippen LogP contribution < -0.4 is 19.7 Å². The quantitative estimate of drug-likeness (QED) is 0.426. The number of ether oxygens (including phenoxy) is 6. The van der Waals surface area contributed by atoms with Crippen LogP contribution in [0, 0.1) is 6.92 Å². The Bertz CT molecular complexity index is 1350. The van der Waals surface area contributed by atoms with Crippen LogP contribution in [0.5, 0.6) is 11.5 Å². The van der Waals surface area contributed by atoms with Crippen molar-refractivity contribution >= 4 is 17.9 Å². The Kier molecular flexibility index (Phi) is 9.24. The molecule has 240 valence electrons. The number of nitrogens with one attached hydrogen (secondary N) is 1. The van der Waals surface area contributed by atoms with Crippen LogP contribution in [0.3, 0.4) is 0 Å². The number of hydrogen-bond acceptors (Lipinski definition) is 10. The molecule has 1 aromatic carbocycles. The number of fused-ring (bicyclic) bond motifs is 1. The molecule has 3 atom stereocenters. The second kappa shape index (κ2) is 12.8. The fraction of sp³-hybridized carbons (Fsp3) is 0.594. The summed E-state index contributed by atoms with van der Waals surface area (Å²) in [5, 5.41) is 13.5. The molecule has 0 spiro atoms. The van der Waals surface area contributed by atoms with E-state index in [1.165, 1.54) is 0 Å². The minimum absolute atomic E-state index is 0.0608. The van der Waals surface area contributed by atoms with E-state index in [-0.39, 0.29) is 17.5 Å². The summed E-state index contributed by atoms with van der Waals surface area (Å²) in [6.07, 6.45) is 2.53. The molecule has 12 heteroatoms. The van der Waals surface area contributed by atoms with E-state index in [1.54, 1.807) is 34.3 Å². The minimum atomic E-state index is -1.02. The molecule has 2 fully saturated rings. The zero-order valence-electron chi connectivity index (χ0n) is 26.5. The lowest BCUT2D eigenvalue weighted by atomic mass is 9.76. The molecule has 1 unspecified atom stereocenters. The van der Waals surface area contributed by atoms with E-state index >= 15 is 0 Å². The van der Waals surface area contributed by atoms with Gasteiger partial charge in [-0.2, -0.15) is 0 Å². The van der Waals surface area contributed by atoms with Gasteiger partial charge < -0.3 is 43.7 Å². The molecule has 3 heterocycles. The number of nitrogens with zero attached hydrogens (tertiary/aromatic N) is 2. The zero-order chi connectivity index (χ0) is 31.8. The first-order valence-electron chi connectivity index (χ1n) is 15.1. The Labute approximate surface area is 257 Å². The highest BCUT2D eigenvalue weighted by atomic mass is 16.8. The maximum atomic E-state index is 12.8. The number of rotatable bonds is 7. The molecule has 5 rings (SSSR count). The number of benzene rings is 1. The third kappa shape index (κ3) is 6.72. The standard InChI is InChI=1S/C32H43N3O9/c1-17-25(30(36)37)26(19-8-11-21(12-9-19)34-31(38)44-32(3,4)5)27(29-28(17)41-18(2)42-29)20-10-13-22(33-14-20)35-15-23(39-6)43-24(16-35)40-7/h10,13-14,18-19,21,23-24H,8-9,11-12,15-16H2,1-7H3,(H,34,38)(H,36,37)/t18?,19?,21?,23-,24+. The van der Waals surface area contributed by atoms with E-state index in [0.29, 0.717) is 72.8 Å². The largest absolute Gasteiger partial charge is 0.478 e. The van der Waals surface area contributed by atoms with Crippen molar-refractivity contribution in [2.45, 2.75) is 96.7 Å². The first-order valence-corrected chi connectivity index (χ1v) is 15.1. The third-order valence-corrected chi connectivity index (χ3v) is 8.25. The highest BCUT2D eigenvalue weighted by molar-refractivity contribution is 5.97. The van der Waals surface area contributed by atoms with E-state index in [1.807, 2.05) is 37.8 Å². The van der Waals surface area contributed by atoms with Gasteiger partial charge in [0.1, 0.15) is 11.4 Å². The number of aromatic carboxylic acids is 1. The predicted octanol–water partition coefficient (Wildman–Crippen LogP) is 5.20. The summed E-state index contributed by atoms with van der Waals surface area (Å²) in [6.45, 7) is 10.0. The van der Waals surface area contributed by atoms with Crippen LogP contribution >= 0.6 is 0 Å². The summed E-state index contributed by atoms with van der Waals surface area (Å²) in [5.41, 5.74) is 2.30.